The molecule has 0 aliphatic rings. The molecule has 6 rings (SSSR count). The van der Waals surface area contributed by atoms with Crippen LogP contribution < -0.4 is 26.0 Å². The van der Waals surface area contributed by atoms with Crippen LogP contribution in [0.15, 0.2) is 158 Å². The number of methoxy groups -OCH3 is 1. The number of nitrogens with zero attached hydrogens (tertiary/aromatic N) is 2. The first-order chi connectivity index (χ1) is 20.3. The highest BCUT2D eigenvalue weighted by atomic mass is 28.3. The molecule has 0 saturated heterocycles. The molecule has 5 heteroatoms. The van der Waals surface area contributed by atoms with Crippen LogP contribution in [0.1, 0.15) is 16.9 Å². The molecule has 0 unspecified atom stereocenters. The Balaban J connectivity index is 1.49. The minimum absolute atomic E-state index is 0.0832. The van der Waals surface area contributed by atoms with Crippen LogP contribution in [-0.2, 0) is 6.17 Å². The first kappa shape index (κ1) is 26.6. The van der Waals surface area contributed by atoms with Gasteiger partial charge in [0.25, 0.3) is 0 Å². The predicted molar refractivity (Wildman–Crippen MR) is 173 cm³/mol. The van der Waals surface area contributed by atoms with E-state index in [9.17, 15) is 0 Å². The fraction of sp³-hybridized carbons (Fsp3) is 0.0833. The van der Waals surface area contributed by atoms with Crippen molar-refractivity contribution in [3.05, 3.63) is 169 Å². The lowest BCUT2D eigenvalue weighted by molar-refractivity contribution is 0.415. The predicted octanol–water partition coefficient (Wildman–Crippen LogP) is 4.72. The maximum Gasteiger partial charge on any atom is 0.215 e. The summed E-state index contributed by atoms with van der Waals surface area (Å²) in [6.07, 6.45) is 4.86. The summed E-state index contributed by atoms with van der Waals surface area (Å²) >= 11 is 0. The zero-order chi connectivity index (χ0) is 27.9. The number of aromatic nitrogens is 2. The highest BCUT2D eigenvalue weighted by Crippen LogP contribution is 2.23. The molecule has 0 fully saturated rings. The molecular formula is C36H32BN2OSi. The van der Waals surface area contributed by atoms with Gasteiger partial charge in [0.1, 0.15) is 5.75 Å². The summed E-state index contributed by atoms with van der Waals surface area (Å²) in [6, 6.07) is 52.0. The summed E-state index contributed by atoms with van der Waals surface area (Å²) in [7, 11) is 1.46. The molecule has 0 atom stereocenters. The van der Waals surface area contributed by atoms with Gasteiger partial charge in [0.2, 0.25) is 7.28 Å². The molecule has 0 amide bonds. The van der Waals surface area contributed by atoms with Crippen molar-refractivity contribution in [2.45, 2.75) is 12.0 Å². The van der Waals surface area contributed by atoms with Crippen molar-refractivity contribution in [2.24, 2.45) is 0 Å². The van der Waals surface area contributed by atoms with Gasteiger partial charge in [-0.15, -0.1) is 0 Å². The Hall–Kier alpha value is -4.61. The third kappa shape index (κ3) is 5.54. The van der Waals surface area contributed by atoms with Crippen LogP contribution >= 0.6 is 0 Å². The molecule has 5 aromatic carbocycles. The minimum atomic E-state index is -2.59. The average molecular weight is 548 g/mol. The molecule has 199 valence electrons. The Kier molecular flexibility index (Phi) is 7.97. The molecule has 0 spiro atoms. The zero-order valence-corrected chi connectivity index (χ0v) is 24.2. The number of rotatable bonds is 10. The van der Waals surface area contributed by atoms with Gasteiger partial charge >= 0.3 is 0 Å². The van der Waals surface area contributed by atoms with Crippen molar-refractivity contribution >= 4 is 36.6 Å². The third-order valence-electron chi connectivity index (χ3n) is 7.88. The van der Waals surface area contributed by atoms with Gasteiger partial charge in [0.15, 0.2) is 8.07 Å². The lowest BCUT2D eigenvalue weighted by atomic mass is 9.58. The van der Waals surface area contributed by atoms with E-state index >= 15 is 0 Å². The van der Waals surface area contributed by atoms with Crippen molar-refractivity contribution in [1.82, 2.24) is 9.55 Å². The lowest BCUT2D eigenvalue weighted by Gasteiger charge is -2.35. The van der Waals surface area contributed by atoms with E-state index < -0.39 is 8.07 Å². The monoisotopic (exact) mass is 547 g/mol. The highest BCUT2D eigenvalue weighted by molar-refractivity contribution is 7.10. The molecule has 0 N–H and O–H groups in total. The van der Waals surface area contributed by atoms with Crippen LogP contribution in [0.4, 0.5) is 0 Å². The average Bonchev–Trinajstić information content (AvgIpc) is 3.50. The number of hydrogen-bond acceptors (Lipinski definition) is 2. The largest absolute Gasteiger partial charge is 0.497 e. The Morgan fingerprint density at radius 3 is 1.71 bits per heavy atom. The molecule has 0 saturated carbocycles. The van der Waals surface area contributed by atoms with Crippen LogP contribution in [0.25, 0.3) is 0 Å². The van der Waals surface area contributed by atoms with E-state index in [2.05, 4.69) is 158 Å². The van der Waals surface area contributed by atoms with Gasteiger partial charge in [-0.1, -0.05) is 133 Å². The number of benzene rings is 5. The smallest absolute Gasteiger partial charge is 0.215 e. The normalized spacial score (nSPS) is 11.4. The van der Waals surface area contributed by atoms with Crippen LogP contribution in [-0.4, -0.2) is 32.0 Å². The van der Waals surface area contributed by atoms with Crippen LogP contribution in [0, 0.1) is 0 Å². The fourth-order valence-corrected chi connectivity index (χ4v) is 10.4. The summed E-state index contributed by atoms with van der Waals surface area (Å²) in [5.74, 6) is 0.955. The van der Waals surface area contributed by atoms with Gasteiger partial charge in [-0.05, 0) is 44.6 Å². The van der Waals surface area contributed by atoms with Crippen molar-refractivity contribution in [3.63, 3.8) is 0 Å². The second-order valence-electron chi connectivity index (χ2n) is 10.2. The minimum Gasteiger partial charge on any atom is -0.497 e. The fourth-order valence-electron chi connectivity index (χ4n) is 5.83. The second-order valence-corrected chi connectivity index (χ2v) is 14.1. The molecule has 0 aliphatic carbocycles. The quantitative estimate of drug-likeness (QED) is 0.183. The number of ether oxygens (including phenoxy) is 1. The van der Waals surface area contributed by atoms with Crippen LogP contribution in [0.5, 0.6) is 5.75 Å². The SMILES string of the molecule is COc1cccc([Si](Cn2ccnc2[B]C(c2ccccc2)c2ccccc2)(c2ccccc2)c2ccccc2)c1. The van der Waals surface area contributed by atoms with E-state index in [4.69, 9.17) is 9.72 Å². The van der Waals surface area contributed by atoms with E-state index in [0.29, 0.717) is 0 Å². The highest BCUT2D eigenvalue weighted by Gasteiger charge is 2.40. The molecule has 41 heavy (non-hydrogen) atoms. The standard InChI is InChI=1S/C36H32BN2OSi/c1-40-31-19-14-24-34(27-31)41(32-20-10-4-11-21-32,33-22-12-5-13-23-33)28-39-26-25-38-36(39)37-35(29-15-6-2-7-16-29)30-17-8-3-9-18-30/h2-27,35H,28H2,1H3. The number of hydrogen-bond donors (Lipinski definition) is 0. The molecule has 0 bridgehead atoms. The topological polar surface area (TPSA) is 27.1 Å². The molecule has 3 nitrogen and oxygen atoms in total. The Morgan fingerprint density at radius 2 is 1.17 bits per heavy atom. The third-order valence-corrected chi connectivity index (χ3v) is 12.6. The van der Waals surface area contributed by atoms with Crippen molar-refractivity contribution in [3.8, 4) is 5.75 Å². The first-order valence-electron chi connectivity index (χ1n) is 14.0. The van der Waals surface area contributed by atoms with Crippen LogP contribution in [0.2, 0.25) is 0 Å². The van der Waals surface area contributed by atoms with Crippen molar-refractivity contribution in [2.75, 3.05) is 7.11 Å². The maximum absolute atomic E-state index is 5.73. The van der Waals surface area contributed by atoms with E-state index in [1.165, 1.54) is 26.7 Å². The summed E-state index contributed by atoms with van der Waals surface area (Å²) in [5.41, 5.74) is 3.46. The summed E-state index contributed by atoms with van der Waals surface area (Å²) in [6.45, 7) is 0. The Labute approximate surface area is 244 Å². The molecule has 0 aliphatic heterocycles. The van der Waals surface area contributed by atoms with Crippen molar-refractivity contribution in [1.29, 1.82) is 0 Å². The van der Waals surface area contributed by atoms with Crippen LogP contribution in [0.3, 0.4) is 0 Å². The molecule has 6 aromatic rings. The van der Waals surface area contributed by atoms with Gasteiger partial charge in [-0.2, -0.15) is 0 Å². The number of imidazole rings is 1. The summed E-state index contributed by atoms with van der Waals surface area (Å²) in [4.78, 5) is 4.91. The molecular weight excluding hydrogens is 515 g/mol. The molecule has 1 aromatic heterocycles. The summed E-state index contributed by atoms with van der Waals surface area (Å²) in [5, 5.41) is 4.00. The van der Waals surface area contributed by atoms with Gasteiger partial charge in [-0.25, -0.2) is 0 Å². The molecule has 1 heterocycles. The maximum atomic E-state index is 5.73. The van der Waals surface area contributed by atoms with Crippen molar-refractivity contribution < 1.29 is 4.74 Å². The Bertz CT molecular complexity index is 1600. The van der Waals surface area contributed by atoms with Gasteiger partial charge in [0, 0.05) is 18.6 Å². The lowest BCUT2D eigenvalue weighted by Crippen LogP contribution is -2.70. The van der Waals surface area contributed by atoms with Gasteiger partial charge in [0.05, 0.1) is 12.8 Å². The zero-order valence-electron chi connectivity index (χ0n) is 23.2. The Morgan fingerprint density at radius 1 is 0.659 bits per heavy atom. The van der Waals surface area contributed by atoms with Gasteiger partial charge < -0.3 is 9.30 Å². The van der Waals surface area contributed by atoms with E-state index in [1.807, 2.05) is 12.3 Å². The van der Waals surface area contributed by atoms with E-state index in [-0.39, 0.29) is 5.82 Å². The summed E-state index contributed by atoms with van der Waals surface area (Å²) < 4.78 is 8.08. The van der Waals surface area contributed by atoms with E-state index in [1.54, 1.807) is 7.11 Å². The van der Waals surface area contributed by atoms with Gasteiger partial charge in [-0.3, -0.25) is 4.98 Å². The molecule has 1 radical (unpaired) electrons. The second kappa shape index (κ2) is 12.3. The first-order valence-corrected chi connectivity index (χ1v) is 16.2. The van der Waals surface area contributed by atoms with E-state index in [0.717, 1.165) is 17.6 Å².